The van der Waals surface area contributed by atoms with Gasteiger partial charge < -0.3 is 5.32 Å². The van der Waals surface area contributed by atoms with E-state index in [2.05, 4.69) is 64.6 Å². The van der Waals surface area contributed by atoms with Crippen molar-refractivity contribution in [3.63, 3.8) is 0 Å². The first kappa shape index (κ1) is 12.8. The molecule has 0 amide bonds. The average molecular weight is 294 g/mol. The third-order valence-corrected chi connectivity index (χ3v) is 3.93. The van der Waals surface area contributed by atoms with Crippen molar-refractivity contribution >= 4 is 15.9 Å². The van der Waals surface area contributed by atoms with Gasteiger partial charge in [-0.3, -0.25) is 0 Å². The lowest BCUT2D eigenvalue weighted by molar-refractivity contribution is 0.415. The van der Waals surface area contributed by atoms with Gasteiger partial charge in [0.1, 0.15) is 0 Å². The standard InChI is InChI=1S/C15H20BrN/c1-12(14-8-5-9-15(16)10-14)17-11-13-6-3-2-4-7-13/h2-3,5,8-10,12-13,17H,4,6-7,11H2,1H3/t12-,13?/m0/s1. The Kier molecular flexibility index (Phi) is 4.81. The Morgan fingerprint density at radius 3 is 3.00 bits per heavy atom. The van der Waals surface area contributed by atoms with Crippen molar-refractivity contribution in [2.45, 2.75) is 32.2 Å². The Morgan fingerprint density at radius 1 is 1.41 bits per heavy atom. The van der Waals surface area contributed by atoms with Gasteiger partial charge in [0, 0.05) is 10.5 Å². The topological polar surface area (TPSA) is 12.0 Å². The Hall–Kier alpha value is -0.600. The van der Waals surface area contributed by atoms with Gasteiger partial charge in [0.05, 0.1) is 0 Å². The summed E-state index contributed by atoms with van der Waals surface area (Å²) in [7, 11) is 0. The van der Waals surface area contributed by atoms with E-state index >= 15 is 0 Å². The van der Waals surface area contributed by atoms with E-state index in [1.807, 2.05) is 0 Å². The number of hydrogen-bond acceptors (Lipinski definition) is 1. The summed E-state index contributed by atoms with van der Waals surface area (Å²) in [6.45, 7) is 3.36. The van der Waals surface area contributed by atoms with Crippen LogP contribution in [-0.2, 0) is 0 Å². The van der Waals surface area contributed by atoms with Crippen molar-refractivity contribution in [3.8, 4) is 0 Å². The number of benzene rings is 1. The zero-order valence-electron chi connectivity index (χ0n) is 10.3. The summed E-state index contributed by atoms with van der Waals surface area (Å²) in [6.07, 6.45) is 8.43. The van der Waals surface area contributed by atoms with Gasteiger partial charge >= 0.3 is 0 Å². The van der Waals surface area contributed by atoms with Crippen LogP contribution in [0.5, 0.6) is 0 Å². The van der Waals surface area contributed by atoms with E-state index in [0.29, 0.717) is 6.04 Å². The first-order valence-electron chi connectivity index (χ1n) is 6.39. The first-order valence-corrected chi connectivity index (χ1v) is 7.19. The molecule has 17 heavy (non-hydrogen) atoms. The van der Waals surface area contributed by atoms with Gasteiger partial charge in [0.25, 0.3) is 0 Å². The van der Waals surface area contributed by atoms with E-state index in [1.54, 1.807) is 0 Å². The molecule has 1 unspecified atom stereocenters. The number of allylic oxidation sites excluding steroid dienone is 2. The van der Waals surface area contributed by atoms with Crippen LogP contribution >= 0.6 is 15.9 Å². The van der Waals surface area contributed by atoms with Crippen molar-refractivity contribution in [1.82, 2.24) is 5.32 Å². The zero-order chi connectivity index (χ0) is 12.1. The molecule has 1 aliphatic carbocycles. The number of rotatable bonds is 4. The van der Waals surface area contributed by atoms with Gasteiger partial charge in [-0.05, 0) is 56.3 Å². The molecule has 1 aromatic carbocycles. The molecule has 2 rings (SSSR count). The number of nitrogens with one attached hydrogen (secondary N) is 1. The predicted octanol–water partition coefficient (Wildman–Crippen LogP) is 4.46. The maximum absolute atomic E-state index is 3.64. The van der Waals surface area contributed by atoms with E-state index in [1.165, 1.54) is 24.8 Å². The molecule has 0 radical (unpaired) electrons. The Labute approximate surface area is 112 Å². The van der Waals surface area contributed by atoms with Crippen LogP contribution in [0.2, 0.25) is 0 Å². The van der Waals surface area contributed by atoms with Crippen LogP contribution < -0.4 is 5.32 Å². The molecule has 0 spiro atoms. The molecular weight excluding hydrogens is 274 g/mol. The van der Waals surface area contributed by atoms with Crippen molar-refractivity contribution in [2.24, 2.45) is 5.92 Å². The molecule has 0 heterocycles. The molecular formula is C15H20BrN. The lowest BCUT2D eigenvalue weighted by atomic mass is 9.94. The minimum Gasteiger partial charge on any atom is -0.310 e. The molecule has 1 aliphatic rings. The fraction of sp³-hybridized carbons (Fsp3) is 0.467. The minimum atomic E-state index is 0.429. The first-order chi connectivity index (χ1) is 8.25. The van der Waals surface area contributed by atoms with Gasteiger partial charge in [-0.2, -0.15) is 0 Å². The molecule has 1 nitrogen and oxygen atoms in total. The van der Waals surface area contributed by atoms with E-state index < -0.39 is 0 Å². The molecule has 0 bridgehead atoms. The zero-order valence-corrected chi connectivity index (χ0v) is 11.9. The highest BCUT2D eigenvalue weighted by Crippen LogP contribution is 2.20. The number of hydrogen-bond donors (Lipinski definition) is 1. The van der Waals surface area contributed by atoms with Crippen LogP contribution in [0, 0.1) is 5.92 Å². The lowest BCUT2D eigenvalue weighted by Gasteiger charge is -2.21. The number of halogens is 1. The highest BCUT2D eigenvalue weighted by molar-refractivity contribution is 9.10. The van der Waals surface area contributed by atoms with Gasteiger partial charge in [-0.15, -0.1) is 0 Å². The van der Waals surface area contributed by atoms with E-state index in [4.69, 9.17) is 0 Å². The highest BCUT2D eigenvalue weighted by atomic mass is 79.9. The predicted molar refractivity (Wildman–Crippen MR) is 77.0 cm³/mol. The van der Waals surface area contributed by atoms with Gasteiger partial charge in [-0.1, -0.05) is 40.2 Å². The van der Waals surface area contributed by atoms with Crippen LogP contribution in [0.15, 0.2) is 40.9 Å². The fourth-order valence-corrected chi connectivity index (χ4v) is 2.70. The largest absolute Gasteiger partial charge is 0.310 e. The van der Waals surface area contributed by atoms with E-state index in [-0.39, 0.29) is 0 Å². The molecule has 92 valence electrons. The van der Waals surface area contributed by atoms with Crippen LogP contribution in [-0.4, -0.2) is 6.54 Å². The second-order valence-corrected chi connectivity index (χ2v) is 5.75. The summed E-state index contributed by atoms with van der Waals surface area (Å²) >= 11 is 3.52. The molecule has 0 saturated carbocycles. The monoisotopic (exact) mass is 293 g/mol. The third kappa shape index (κ3) is 3.97. The van der Waals surface area contributed by atoms with Crippen LogP contribution in [0.1, 0.15) is 37.8 Å². The average Bonchev–Trinajstić information content (AvgIpc) is 2.37. The normalized spacial score (nSPS) is 21.4. The quantitative estimate of drug-likeness (QED) is 0.809. The Bertz CT molecular complexity index is 386. The van der Waals surface area contributed by atoms with Crippen molar-refractivity contribution in [1.29, 1.82) is 0 Å². The van der Waals surface area contributed by atoms with E-state index in [0.717, 1.165) is 16.9 Å². The Balaban J connectivity index is 1.84. The van der Waals surface area contributed by atoms with Crippen molar-refractivity contribution < 1.29 is 0 Å². The fourth-order valence-electron chi connectivity index (χ4n) is 2.28. The van der Waals surface area contributed by atoms with E-state index in [9.17, 15) is 0 Å². The summed E-state index contributed by atoms with van der Waals surface area (Å²) in [5.74, 6) is 0.814. The smallest absolute Gasteiger partial charge is 0.0292 e. The molecule has 2 heteroatoms. The molecule has 1 N–H and O–H groups in total. The maximum atomic E-state index is 3.64. The molecule has 2 atom stereocenters. The van der Waals surface area contributed by atoms with Crippen LogP contribution in [0.4, 0.5) is 0 Å². The SMILES string of the molecule is C[C@H](NCC1CC=CCC1)c1cccc(Br)c1. The second-order valence-electron chi connectivity index (χ2n) is 4.84. The van der Waals surface area contributed by atoms with Crippen LogP contribution in [0.3, 0.4) is 0 Å². The van der Waals surface area contributed by atoms with Crippen molar-refractivity contribution in [2.75, 3.05) is 6.54 Å². The van der Waals surface area contributed by atoms with Gasteiger partial charge in [-0.25, -0.2) is 0 Å². The molecule has 0 fully saturated rings. The summed E-state index contributed by atoms with van der Waals surface area (Å²) in [4.78, 5) is 0. The lowest BCUT2D eigenvalue weighted by Crippen LogP contribution is -2.26. The summed E-state index contributed by atoms with van der Waals surface area (Å²) in [6, 6.07) is 8.98. The highest BCUT2D eigenvalue weighted by Gasteiger charge is 2.12. The third-order valence-electron chi connectivity index (χ3n) is 3.44. The Morgan fingerprint density at radius 2 is 2.29 bits per heavy atom. The summed E-state index contributed by atoms with van der Waals surface area (Å²) in [5, 5.41) is 3.64. The molecule has 0 aromatic heterocycles. The van der Waals surface area contributed by atoms with Crippen molar-refractivity contribution in [3.05, 3.63) is 46.5 Å². The summed E-state index contributed by atoms with van der Waals surface area (Å²) in [5.41, 5.74) is 1.35. The minimum absolute atomic E-state index is 0.429. The molecule has 1 aromatic rings. The van der Waals surface area contributed by atoms with Gasteiger partial charge in [0.15, 0.2) is 0 Å². The van der Waals surface area contributed by atoms with Gasteiger partial charge in [0.2, 0.25) is 0 Å². The summed E-state index contributed by atoms with van der Waals surface area (Å²) < 4.78 is 1.16. The second kappa shape index (κ2) is 6.36. The van der Waals surface area contributed by atoms with Crippen LogP contribution in [0.25, 0.3) is 0 Å². The molecule has 0 saturated heterocycles. The molecule has 0 aliphatic heterocycles. The maximum Gasteiger partial charge on any atom is 0.0292 e.